The average Bonchev–Trinajstić information content (AvgIpc) is 2.34. The fraction of sp³-hybridized carbons (Fsp3) is 0.467. The molecule has 0 fully saturated rings. The second kappa shape index (κ2) is 7.82. The second-order valence-corrected chi connectivity index (χ2v) is 3.81. The lowest BCUT2D eigenvalue weighted by Crippen LogP contribution is -1.87. The quantitative estimate of drug-likeness (QED) is 0.537. The molecule has 0 amide bonds. The van der Waals surface area contributed by atoms with Crippen molar-refractivity contribution in [1.29, 1.82) is 0 Å². The fourth-order valence-electron chi connectivity index (χ4n) is 1.48. The first-order valence-corrected chi connectivity index (χ1v) is 5.95. The summed E-state index contributed by atoms with van der Waals surface area (Å²) in [6, 6.07) is 8.19. The zero-order valence-corrected chi connectivity index (χ0v) is 10.3. The predicted octanol–water partition coefficient (Wildman–Crippen LogP) is 3.82. The van der Waals surface area contributed by atoms with Crippen LogP contribution in [0.25, 0.3) is 0 Å². The molecule has 0 saturated carbocycles. The number of unbranched alkanes of at least 4 members (excludes halogenated alkanes) is 2. The Balaban J connectivity index is 2.32. The maximum atomic E-state index is 5.18. The van der Waals surface area contributed by atoms with E-state index in [-0.39, 0.29) is 0 Å². The molecule has 16 heavy (non-hydrogen) atoms. The zero-order chi connectivity index (χ0) is 11.6. The molecule has 0 aliphatic heterocycles. The molecule has 1 aromatic rings. The number of methoxy groups -OCH3 is 1. The lowest BCUT2D eigenvalue weighted by atomic mass is 10.1. The van der Waals surface area contributed by atoms with Gasteiger partial charge in [0.25, 0.3) is 0 Å². The van der Waals surface area contributed by atoms with Crippen molar-refractivity contribution in [3.05, 3.63) is 29.8 Å². The van der Waals surface area contributed by atoms with Crippen LogP contribution in [-0.4, -0.2) is 7.11 Å². The molecule has 1 heteroatoms. The van der Waals surface area contributed by atoms with Gasteiger partial charge in [0.15, 0.2) is 0 Å². The van der Waals surface area contributed by atoms with E-state index in [2.05, 4.69) is 30.9 Å². The summed E-state index contributed by atoms with van der Waals surface area (Å²) in [5, 5.41) is 0. The van der Waals surface area contributed by atoms with E-state index in [1.807, 2.05) is 12.1 Å². The van der Waals surface area contributed by atoms with Crippen LogP contribution in [0.5, 0.6) is 5.75 Å². The number of hydrogen-bond donors (Lipinski definition) is 0. The Hall–Kier alpha value is -1.42. The summed E-state index contributed by atoms with van der Waals surface area (Å²) in [6.07, 6.45) is 5.43. The van der Waals surface area contributed by atoms with Crippen LogP contribution in [0.3, 0.4) is 0 Å². The van der Waals surface area contributed by atoms with Gasteiger partial charge in [0.05, 0.1) is 7.11 Å². The third kappa shape index (κ3) is 4.89. The van der Waals surface area contributed by atoms with Gasteiger partial charge in [0.2, 0.25) is 0 Å². The van der Waals surface area contributed by atoms with Crippen molar-refractivity contribution in [2.75, 3.05) is 7.11 Å². The molecule has 0 spiro atoms. The van der Waals surface area contributed by atoms with E-state index >= 15 is 0 Å². The molecule has 0 bridgehead atoms. The van der Waals surface area contributed by atoms with Gasteiger partial charge in [-0.1, -0.05) is 25.5 Å². The minimum atomic E-state index is 0.927. The van der Waals surface area contributed by atoms with E-state index < -0.39 is 0 Å². The van der Waals surface area contributed by atoms with Crippen LogP contribution in [0.4, 0.5) is 0 Å². The van der Waals surface area contributed by atoms with Gasteiger partial charge in [-0.25, -0.2) is 0 Å². The van der Waals surface area contributed by atoms with Crippen LogP contribution in [0, 0.1) is 11.8 Å². The minimum Gasteiger partial charge on any atom is -0.497 e. The van der Waals surface area contributed by atoms with Crippen LogP contribution < -0.4 is 4.74 Å². The van der Waals surface area contributed by atoms with Gasteiger partial charge in [-0.3, -0.25) is 0 Å². The molecular formula is C15H20O. The summed E-state index contributed by atoms with van der Waals surface area (Å²) in [7, 11) is 1.70. The Morgan fingerprint density at radius 3 is 2.75 bits per heavy atom. The smallest absolute Gasteiger partial charge is 0.119 e. The molecule has 0 unspecified atom stereocenters. The van der Waals surface area contributed by atoms with Gasteiger partial charge in [-0.2, -0.15) is 0 Å². The molecule has 1 nitrogen and oxygen atoms in total. The number of rotatable bonds is 5. The summed E-state index contributed by atoms with van der Waals surface area (Å²) in [5.41, 5.74) is 1.30. The van der Waals surface area contributed by atoms with Crippen molar-refractivity contribution in [2.45, 2.75) is 39.0 Å². The van der Waals surface area contributed by atoms with Crippen LogP contribution in [0.2, 0.25) is 0 Å². The molecule has 0 N–H and O–H groups in total. The van der Waals surface area contributed by atoms with E-state index in [4.69, 9.17) is 4.74 Å². The summed E-state index contributed by atoms with van der Waals surface area (Å²) >= 11 is 0. The lowest BCUT2D eigenvalue weighted by molar-refractivity contribution is 0.414. The summed E-state index contributed by atoms with van der Waals surface area (Å²) < 4.78 is 5.18. The molecular weight excluding hydrogens is 196 g/mol. The minimum absolute atomic E-state index is 0.927. The fourth-order valence-corrected chi connectivity index (χ4v) is 1.48. The Kier molecular flexibility index (Phi) is 6.18. The van der Waals surface area contributed by atoms with Crippen molar-refractivity contribution >= 4 is 0 Å². The molecule has 0 aliphatic carbocycles. The van der Waals surface area contributed by atoms with E-state index in [9.17, 15) is 0 Å². The van der Waals surface area contributed by atoms with Crippen LogP contribution in [0.1, 0.15) is 38.2 Å². The zero-order valence-electron chi connectivity index (χ0n) is 10.3. The van der Waals surface area contributed by atoms with E-state index in [1.165, 1.54) is 18.4 Å². The van der Waals surface area contributed by atoms with Gasteiger partial charge < -0.3 is 4.74 Å². The normalized spacial score (nSPS) is 9.38. The van der Waals surface area contributed by atoms with Gasteiger partial charge in [0, 0.05) is 12.8 Å². The van der Waals surface area contributed by atoms with Gasteiger partial charge in [-0.15, -0.1) is 11.8 Å². The standard InChI is InChI=1S/C15H20O/c1-3-4-5-6-7-8-10-14-11-9-12-15(13-14)16-2/h9,11-13H,3-5,8,10H2,1-2H3. The lowest BCUT2D eigenvalue weighted by Gasteiger charge is -2.01. The number of ether oxygens (including phenoxy) is 1. The Morgan fingerprint density at radius 1 is 1.19 bits per heavy atom. The highest BCUT2D eigenvalue weighted by Gasteiger charge is 1.94. The van der Waals surface area contributed by atoms with Gasteiger partial charge in [0.1, 0.15) is 5.75 Å². The predicted molar refractivity (Wildman–Crippen MR) is 68.6 cm³/mol. The van der Waals surface area contributed by atoms with E-state index in [1.54, 1.807) is 7.11 Å². The van der Waals surface area contributed by atoms with Crippen molar-refractivity contribution in [3.63, 3.8) is 0 Å². The molecule has 0 heterocycles. The maximum absolute atomic E-state index is 5.18. The number of benzene rings is 1. The molecule has 0 atom stereocenters. The van der Waals surface area contributed by atoms with Gasteiger partial charge in [-0.05, 0) is 30.5 Å². The molecule has 1 aromatic carbocycles. The Labute approximate surface area is 98.8 Å². The van der Waals surface area contributed by atoms with Crippen LogP contribution in [-0.2, 0) is 6.42 Å². The van der Waals surface area contributed by atoms with Crippen molar-refractivity contribution < 1.29 is 4.74 Å². The third-order valence-electron chi connectivity index (χ3n) is 2.45. The topological polar surface area (TPSA) is 9.23 Å². The Morgan fingerprint density at radius 2 is 2.00 bits per heavy atom. The summed E-state index contributed by atoms with van der Waals surface area (Å²) in [5.74, 6) is 7.35. The maximum Gasteiger partial charge on any atom is 0.119 e. The molecule has 0 aromatic heterocycles. The third-order valence-corrected chi connectivity index (χ3v) is 2.45. The summed E-state index contributed by atoms with van der Waals surface area (Å²) in [4.78, 5) is 0. The molecule has 0 radical (unpaired) electrons. The van der Waals surface area contributed by atoms with E-state index in [0.717, 1.165) is 25.0 Å². The molecule has 86 valence electrons. The van der Waals surface area contributed by atoms with Gasteiger partial charge >= 0.3 is 0 Å². The number of hydrogen-bond acceptors (Lipinski definition) is 1. The largest absolute Gasteiger partial charge is 0.497 e. The highest BCUT2D eigenvalue weighted by atomic mass is 16.5. The summed E-state index contributed by atoms with van der Waals surface area (Å²) in [6.45, 7) is 2.19. The highest BCUT2D eigenvalue weighted by molar-refractivity contribution is 5.28. The average molecular weight is 216 g/mol. The molecule has 1 rings (SSSR count). The van der Waals surface area contributed by atoms with E-state index in [0.29, 0.717) is 0 Å². The first kappa shape index (κ1) is 12.6. The first-order chi connectivity index (χ1) is 7.86. The Bertz CT molecular complexity index is 357. The van der Waals surface area contributed by atoms with Crippen LogP contribution >= 0.6 is 0 Å². The van der Waals surface area contributed by atoms with Crippen molar-refractivity contribution in [1.82, 2.24) is 0 Å². The number of aryl methyl sites for hydroxylation is 1. The van der Waals surface area contributed by atoms with Crippen molar-refractivity contribution in [3.8, 4) is 17.6 Å². The monoisotopic (exact) mass is 216 g/mol. The first-order valence-electron chi connectivity index (χ1n) is 5.95. The SMILES string of the molecule is CCCCC#CCCc1cccc(OC)c1. The molecule has 0 aliphatic rings. The van der Waals surface area contributed by atoms with Crippen molar-refractivity contribution in [2.24, 2.45) is 0 Å². The van der Waals surface area contributed by atoms with Crippen LogP contribution in [0.15, 0.2) is 24.3 Å². The second-order valence-electron chi connectivity index (χ2n) is 3.81. The molecule has 0 saturated heterocycles. The highest BCUT2D eigenvalue weighted by Crippen LogP contribution is 2.13.